The molecule has 2 aromatic carbocycles. The Labute approximate surface area is 149 Å². The summed E-state index contributed by atoms with van der Waals surface area (Å²) < 4.78 is 11.4. The van der Waals surface area contributed by atoms with Crippen molar-refractivity contribution in [3.8, 4) is 5.75 Å². The molecule has 0 aromatic heterocycles. The molecule has 2 aromatic rings. The third-order valence-electron chi connectivity index (χ3n) is 4.39. The standard InChI is InChI=1S/C21H25NO3/c1-15(2)16-7-5-8-17(13-16)22-21(23)19-10-3-4-11-20(19)25-14-18-9-6-12-24-18/h3-5,7-8,10-11,13,15,18H,6,9,12,14H2,1-2H3,(H,22,23). The van der Waals surface area contributed by atoms with E-state index in [2.05, 4.69) is 25.2 Å². The molecular weight excluding hydrogens is 314 g/mol. The van der Waals surface area contributed by atoms with Gasteiger partial charge in [-0.15, -0.1) is 0 Å². The first-order chi connectivity index (χ1) is 12.1. The van der Waals surface area contributed by atoms with Crippen molar-refractivity contribution in [3.05, 3.63) is 59.7 Å². The van der Waals surface area contributed by atoms with Crippen molar-refractivity contribution in [2.45, 2.75) is 38.7 Å². The number of carbonyl (C=O) groups is 1. The topological polar surface area (TPSA) is 47.6 Å². The van der Waals surface area contributed by atoms with Gasteiger partial charge in [-0.3, -0.25) is 4.79 Å². The number of hydrogen-bond acceptors (Lipinski definition) is 3. The van der Waals surface area contributed by atoms with Crippen molar-refractivity contribution >= 4 is 11.6 Å². The molecule has 1 atom stereocenters. The maximum Gasteiger partial charge on any atom is 0.259 e. The average Bonchev–Trinajstić information content (AvgIpc) is 3.14. The van der Waals surface area contributed by atoms with Crippen molar-refractivity contribution in [1.82, 2.24) is 0 Å². The summed E-state index contributed by atoms with van der Waals surface area (Å²) in [5, 5.41) is 2.97. The van der Waals surface area contributed by atoms with E-state index in [-0.39, 0.29) is 12.0 Å². The molecule has 0 spiro atoms. The molecule has 1 unspecified atom stereocenters. The fourth-order valence-corrected chi connectivity index (χ4v) is 2.91. The van der Waals surface area contributed by atoms with E-state index in [0.717, 1.165) is 25.1 Å². The minimum atomic E-state index is -0.163. The van der Waals surface area contributed by atoms with Crippen LogP contribution in [-0.4, -0.2) is 25.2 Å². The molecule has 1 fully saturated rings. The zero-order valence-corrected chi connectivity index (χ0v) is 14.8. The van der Waals surface area contributed by atoms with Crippen LogP contribution in [0.3, 0.4) is 0 Å². The van der Waals surface area contributed by atoms with Gasteiger partial charge in [0.2, 0.25) is 0 Å². The summed E-state index contributed by atoms with van der Waals surface area (Å²) in [7, 11) is 0. The lowest BCUT2D eigenvalue weighted by Crippen LogP contribution is -2.19. The molecule has 0 aliphatic carbocycles. The highest BCUT2D eigenvalue weighted by molar-refractivity contribution is 6.06. The Kier molecular flexibility index (Phi) is 5.71. The number of hydrogen-bond donors (Lipinski definition) is 1. The summed E-state index contributed by atoms with van der Waals surface area (Å²) in [6.07, 6.45) is 2.21. The number of ether oxygens (including phenoxy) is 2. The van der Waals surface area contributed by atoms with Crippen molar-refractivity contribution in [1.29, 1.82) is 0 Å². The lowest BCUT2D eigenvalue weighted by molar-refractivity contribution is 0.0673. The van der Waals surface area contributed by atoms with Gasteiger partial charge in [-0.25, -0.2) is 0 Å². The van der Waals surface area contributed by atoms with Crippen LogP contribution in [0.2, 0.25) is 0 Å². The molecule has 132 valence electrons. The monoisotopic (exact) mass is 339 g/mol. The highest BCUT2D eigenvalue weighted by atomic mass is 16.5. The molecule has 4 nitrogen and oxygen atoms in total. The van der Waals surface area contributed by atoms with Crippen LogP contribution >= 0.6 is 0 Å². The third-order valence-corrected chi connectivity index (χ3v) is 4.39. The van der Waals surface area contributed by atoms with Gasteiger partial charge in [0.15, 0.2) is 0 Å². The fourth-order valence-electron chi connectivity index (χ4n) is 2.91. The van der Waals surface area contributed by atoms with Gasteiger partial charge in [-0.1, -0.05) is 38.1 Å². The number of rotatable bonds is 6. The maximum absolute atomic E-state index is 12.7. The zero-order chi connectivity index (χ0) is 17.6. The number of carbonyl (C=O) groups excluding carboxylic acids is 1. The van der Waals surface area contributed by atoms with Crippen molar-refractivity contribution < 1.29 is 14.3 Å². The van der Waals surface area contributed by atoms with Crippen LogP contribution in [0.1, 0.15) is 48.5 Å². The molecule has 0 radical (unpaired) electrons. The quantitative estimate of drug-likeness (QED) is 0.835. The second kappa shape index (κ2) is 8.17. The molecule has 1 heterocycles. The van der Waals surface area contributed by atoms with E-state index >= 15 is 0 Å². The Morgan fingerprint density at radius 2 is 2.08 bits per heavy atom. The van der Waals surface area contributed by atoms with Gasteiger partial charge in [0.25, 0.3) is 5.91 Å². The van der Waals surface area contributed by atoms with Gasteiger partial charge in [-0.05, 0) is 48.6 Å². The maximum atomic E-state index is 12.7. The Morgan fingerprint density at radius 3 is 2.84 bits per heavy atom. The Hall–Kier alpha value is -2.33. The van der Waals surface area contributed by atoms with E-state index < -0.39 is 0 Å². The van der Waals surface area contributed by atoms with E-state index in [1.165, 1.54) is 5.56 Å². The highest BCUT2D eigenvalue weighted by Crippen LogP contribution is 2.23. The summed E-state index contributed by atoms with van der Waals surface area (Å²) in [6.45, 7) is 5.54. The molecule has 1 amide bonds. The first kappa shape index (κ1) is 17.5. The predicted molar refractivity (Wildman–Crippen MR) is 99.4 cm³/mol. The Bertz CT molecular complexity index is 721. The van der Waals surface area contributed by atoms with Gasteiger partial charge >= 0.3 is 0 Å². The van der Waals surface area contributed by atoms with Crippen LogP contribution in [0.25, 0.3) is 0 Å². The van der Waals surface area contributed by atoms with Crippen LogP contribution < -0.4 is 10.1 Å². The van der Waals surface area contributed by atoms with Gasteiger partial charge < -0.3 is 14.8 Å². The summed E-state index contributed by atoms with van der Waals surface area (Å²) in [5.41, 5.74) is 2.53. The molecular formula is C21H25NO3. The Balaban J connectivity index is 1.70. The average molecular weight is 339 g/mol. The smallest absolute Gasteiger partial charge is 0.259 e. The second-order valence-electron chi connectivity index (χ2n) is 6.68. The number of amides is 1. The Morgan fingerprint density at radius 1 is 1.24 bits per heavy atom. The van der Waals surface area contributed by atoms with Crippen LogP contribution in [0.15, 0.2) is 48.5 Å². The fraction of sp³-hybridized carbons (Fsp3) is 0.381. The van der Waals surface area contributed by atoms with E-state index in [4.69, 9.17) is 9.47 Å². The summed E-state index contributed by atoms with van der Waals surface area (Å²) >= 11 is 0. The van der Waals surface area contributed by atoms with E-state index in [1.807, 2.05) is 36.4 Å². The summed E-state index contributed by atoms with van der Waals surface area (Å²) in [4.78, 5) is 12.7. The first-order valence-electron chi connectivity index (χ1n) is 8.88. The summed E-state index contributed by atoms with van der Waals surface area (Å²) in [5.74, 6) is 0.846. The minimum Gasteiger partial charge on any atom is -0.490 e. The lowest BCUT2D eigenvalue weighted by Gasteiger charge is -2.15. The third kappa shape index (κ3) is 4.60. The van der Waals surface area contributed by atoms with Gasteiger partial charge in [0.1, 0.15) is 12.4 Å². The molecule has 1 saturated heterocycles. The lowest BCUT2D eigenvalue weighted by atomic mass is 10.0. The predicted octanol–water partition coefficient (Wildman–Crippen LogP) is 4.62. The van der Waals surface area contributed by atoms with Crippen molar-refractivity contribution in [3.63, 3.8) is 0 Å². The molecule has 25 heavy (non-hydrogen) atoms. The zero-order valence-electron chi connectivity index (χ0n) is 14.8. The normalized spacial score (nSPS) is 16.8. The van der Waals surface area contributed by atoms with Gasteiger partial charge in [-0.2, -0.15) is 0 Å². The van der Waals surface area contributed by atoms with Gasteiger partial charge in [0, 0.05) is 12.3 Å². The number of anilines is 1. The molecule has 4 heteroatoms. The SMILES string of the molecule is CC(C)c1cccc(NC(=O)c2ccccc2OCC2CCCO2)c1. The van der Waals surface area contributed by atoms with E-state index in [1.54, 1.807) is 6.07 Å². The van der Waals surface area contributed by atoms with E-state index in [9.17, 15) is 4.79 Å². The molecule has 0 saturated carbocycles. The largest absolute Gasteiger partial charge is 0.490 e. The summed E-state index contributed by atoms with van der Waals surface area (Å²) in [6, 6.07) is 15.3. The highest BCUT2D eigenvalue weighted by Gasteiger charge is 2.18. The molecule has 1 N–H and O–H groups in total. The van der Waals surface area contributed by atoms with Crippen molar-refractivity contribution in [2.75, 3.05) is 18.5 Å². The molecule has 1 aliphatic rings. The van der Waals surface area contributed by atoms with Crippen LogP contribution in [0.4, 0.5) is 5.69 Å². The second-order valence-corrected chi connectivity index (χ2v) is 6.68. The first-order valence-corrected chi connectivity index (χ1v) is 8.88. The number of nitrogens with one attached hydrogen (secondary N) is 1. The molecule has 0 bridgehead atoms. The van der Waals surface area contributed by atoms with Gasteiger partial charge in [0.05, 0.1) is 11.7 Å². The van der Waals surface area contributed by atoms with Crippen molar-refractivity contribution in [2.24, 2.45) is 0 Å². The van der Waals surface area contributed by atoms with Crippen LogP contribution in [-0.2, 0) is 4.74 Å². The number of para-hydroxylation sites is 1. The van der Waals surface area contributed by atoms with Crippen LogP contribution in [0.5, 0.6) is 5.75 Å². The van der Waals surface area contributed by atoms with Crippen LogP contribution in [0, 0.1) is 0 Å². The molecule has 3 rings (SSSR count). The minimum absolute atomic E-state index is 0.124. The molecule has 1 aliphatic heterocycles. The van der Waals surface area contributed by atoms with E-state index in [0.29, 0.717) is 23.8 Å². The number of benzene rings is 2.